The van der Waals surface area contributed by atoms with E-state index in [-0.39, 0.29) is 5.91 Å². The number of hydrogen-bond donors (Lipinski definition) is 0. The van der Waals surface area contributed by atoms with E-state index in [1.807, 2.05) is 38.2 Å². The van der Waals surface area contributed by atoms with E-state index in [2.05, 4.69) is 17.1 Å². The molecule has 1 amide bonds. The fraction of sp³-hybridized carbons (Fsp3) is 0.471. The van der Waals surface area contributed by atoms with Crippen molar-refractivity contribution < 1.29 is 9.32 Å². The number of rotatable bonds is 7. The molecule has 1 aromatic heterocycles. The van der Waals surface area contributed by atoms with E-state index < -0.39 is 0 Å². The minimum absolute atomic E-state index is 0.171. The Labute approximate surface area is 131 Å². The Balaban J connectivity index is 1.91. The number of carbonyl (C=O) groups excluding carboxylic acids is 1. The number of unbranched alkanes of at least 4 members (excludes halogenated alkanes) is 1. The Bertz CT molecular complexity index is 622. The Morgan fingerprint density at radius 2 is 2.18 bits per heavy atom. The van der Waals surface area contributed by atoms with Crippen molar-refractivity contribution in [3.63, 3.8) is 0 Å². The van der Waals surface area contributed by atoms with Crippen molar-refractivity contribution in [2.45, 2.75) is 39.5 Å². The molecule has 0 fully saturated rings. The first-order chi connectivity index (χ1) is 10.6. The van der Waals surface area contributed by atoms with Crippen molar-refractivity contribution >= 4 is 5.91 Å². The molecule has 0 radical (unpaired) electrons. The minimum atomic E-state index is 0.171. The summed E-state index contributed by atoms with van der Waals surface area (Å²) >= 11 is 0. The highest BCUT2D eigenvalue weighted by molar-refractivity contribution is 5.75. The average molecular weight is 301 g/mol. The molecule has 0 atom stereocenters. The molecule has 0 aliphatic heterocycles. The van der Waals surface area contributed by atoms with Crippen LogP contribution in [0.4, 0.5) is 0 Å². The summed E-state index contributed by atoms with van der Waals surface area (Å²) in [6.45, 7) is 4.71. The molecule has 0 spiro atoms. The van der Waals surface area contributed by atoms with E-state index in [1.54, 1.807) is 4.90 Å². The lowest BCUT2D eigenvalue weighted by atomic mass is 10.1. The second kappa shape index (κ2) is 7.73. The number of likely N-dealkylation sites (N-methyl/N-ethyl adjacent to an activating group) is 1. The second-order valence-corrected chi connectivity index (χ2v) is 5.55. The first kappa shape index (κ1) is 16.2. The van der Waals surface area contributed by atoms with Crippen molar-refractivity contribution in [2.75, 3.05) is 13.6 Å². The summed E-state index contributed by atoms with van der Waals surface area (Å²) in [6, 6.07) is 7.95. The van der Waals surface area contributed by atoms with Gasteiger partial charge in [0, 0.05) is 32.0 Å². The standard InChI is InChI=1S/C17H23N3O2/c1-4-5-9-16(21)20(3)11-10-15-18-17(22-19-15)14-8-6-7-13(2)12-14/h6-8,12H,4-5,9-11H2,1-3H3. The van der Waals surface area contributed by atoms with Crippen molar-refractivity contribution in [3.8, 4) is 11.5 Å². The molecule has 0 saturated carbocycles. The number of carbonyl (C=O) groups is 1. The van der Waals surface area contributed by atoms with Crippen molar-refractivity contribution in [1.82, 2.24) is 15.0 Å². The first-order valence-corrected chi connectivity index (χ1v) is 7.73. The van der Waals surface area contributed by atoms with Gasteiger partial charge < -0.3 is 9.42 Å². The Morgan fingerprint density at radius 1 is 1.36 bits per heavy atom. The van der Waals surface area contributed by atoms with E-state index in [9.17, 15) is 4.79 Å². The van der Waals surface area contributed by atoms with E-state index in [0.717, 1.165) is 24.0 Å². The highest BCUT2D eigenvalue weighted by Gasteiger charge is 2.12. The van der Waals surface area contributed by atoms with E-state index >= 15 is 0 Å². The number of hydrogen-bond acceptors (Lipinski definition) is 4. The third-order valence-electron chi connectivity index (χ3n) is 3.57. The molecule has 22 heavy (non-hydrogen) atoms. The van der Waals surface area contributed by atoms with Gasteiger partial charge in [-0.1, -0.05) is 36.2 Å². The Hall–Kier alpha value is -2.17. The molecule has 0 bridgehead atoms. The molecule has 5 heteroatoms. The van der Waals surface area contributed by atoms with E-state index in [1.165, 1.54) is 0 Å². The largest absolute Gasteiger partial charge is 0.345 e. The maximum absolute atomic E-state index is 11.8. The molecular formula is C17H23N3O2. The van der Waals surface area contributed by atoms with Crippen LogP contribution in [0.15, 0.2) is 28.8 Å². The van der Waals surface area contributed by atoms with Crippen molar-refractivity contribution in [2.24, 2.45) is 0 Å². The van der Waals surface area contributed by atoms with E-state index in [4.69, 9.17) is 4.52 Å². The van der Waals surface area contributed by atoms with Crippen LogP contribution in [0, 0.1) is 6.92 Å². The number of aryl methyl sites for hydroxylation is 1. The molecular weight excluding hydrogens is 278 g/mol. The van der Waals surface area contributed by atoms with Crippen molar-refractivity contribution in [1.29, 1.82) is 0 Å². The predicted octanol–water partition coefficient (Wildman–Crippen LogP) is 3.24. The molecule has 0 aliphatic carbocycles. The molecule has 0 saturated heterocycles. The van der Waals surface area contributed by atoms with Crippen LogP contribution in [-0.4, -0.2) is 34.5 Å². The zero-order chi connectivity index (χ0) is 15.9. The average Bonchev–Trinajstić information content (AvgIpc) is 2.99. The summed E-state index contributed by atoms with van der Waals surface area (Å²) in [6.07, 6.45) is 3.17. The second-order valence-electron chi connectivity index (χ2n) is 5.55. The lowest BCUT2D eigenvalue weighted by Gasteiger charge is -2.15. The molecule has 2 rings (SSSR count). The van der Waals surface area contributed by atoms with Gasteiger partial charge in [0.2, 0.25) is 5.91 Å². The molecule has 118 valence electrons. The van der Waals surface area contributed by atoms with Crippen LogP contribution in [0.1, 0.15) is 37.6 Å². The predicted molar refractivity (Wildman–Crippen MR) is 85.3 cm³/mol. The zero-order valence-corrected chi connectivity index (χ0v) is 13.5. The van der Waals surface area contributed by atoms with Crippen molar-refractivity contribution in [3.05, 3.63) is 35.7 Å². The van der Waals surface area contributed by atoms with Gasteiger partial charge in [-0.2, -0.15) is 4.98 Å². The van der Waals surface area contributed by atoms with Gasteiger partial charge >= 0.3 is 0 Å². The summed E-state index contributed by atoms with van der Waals surface area (Å²) < 4.78 is 5.30. The smallest absolute Gasteiger partial charge is 0.257 e. The van der Waals surface area contributed by atoms with Crippen LogP contribution in [0.5, 0.6) is 0 Å². The maximum Gasteiger partial charge on any atom is 0.257 e. The highest BCUT2D eigenvalue weighted by Crippen LogP contribution is 2.18. The molecule has 1 heterocycles. The lowest BCUT2D eigenvalue weighted by molar-refractivity contribution is -0.130. The monoisotopic (exact) mass is 301 g/mol. The molecule has 0 unspecified atom stereocenters. The molecule has 5 nitrogen and oxygen atoms in total. The Kier molecular flexibility index (Phi) is 5.69. The van der Waals surface area contributed by atoms with E-state index in [0.29, 0.717) is 31.1 Å². The maximum atomic E-state index is 11.8. The lowest BCUT2D eigenvalue weighted by Crippen LogP contribution is -2.28. The van der Waals surface area contributed by atoms with Gasteiger partial charge in [-0.25, -0.2) is 0 Å². The fourth-order valence-corrected chi connectivity index (χ4v) is 2.16. The van der Waals surface area contributed by atoms with Crippen LogP contribution < -0.4 is 0 Å². The SMILES string of the molecule is CCCCC(=O)N(C)CCc1noc(-c2cccc(C)c2)n1. The summed E-state index contributed by atoms with van der Waals surface area (Å²) in [7, 11) is 1.82. The van der Waals surface area contributed by atoms with Crippen LogP contribution in [0.2, 0.25) is 0 Å². The van der Waals surface area contributed by atoms with Gasteiger partial charge in [0.15, 0.2) is 5.82 Å². The fourth-order valence-electron chi connectivity index (χ4n) is 2.16. The van der Waals surface area contributed by atoms with Gasteiger partial charge in [-0.3, -0.25) is 4.79 Å². The molecule has 1 aromatic carbocycles. The normalized spacial score (nSPS) is 10.7. The van der Waals surface area contributed by atoms with Crippen LogP contribution in [0.25, 0.3) is 11.5 Å². The highest BCUT2D eigenvalue weighted by atomic mass is 16.5. The summed E-state index contributed by atoms with van der Waals surface area (Å²) in [4.78, 5) is 18.0. The van der Waals surface area contributed by atoms with Gasteiger partial charge in [0.05, 0.1) is 0 Å². The third kappa shape index (κ3) is 4.41. The van der Waals surface area contributed by atoms with Gasteiger partial charge in [0.25, 0.3) is 5.89 Å². The van der Waals surface area contributed by atoms with Crippen LogP contribution >= 0.6 is 0 Å². The molecule has 0 N–H and O–H groups in total. The zero-order valence-electron chi connectivity index (χ0n) is 13.5. The van der Waals surface area contributed by atoms with Gasteiger partial charge in [-0.05, 0) is 25.5 Å². The first-order valence-electron chi connectivity index (χ1n) is 7.73. The number of nitrogens with zero attached hydrogens (tertiary/aromatic N) is 3. The van der Waals surface area contributed by atoms with Crippen LogP contribution in [0.3, 0.4) is 0 Å². The Morgan fingerprint density at radius 3 is 2.91 bits per heavy atom. The summed E-state index contributed by atoms with van der Waals surface area (Å²) in [5.74, 6) is 1.33. The third-order valence-corrected chi connectivity index (χ3v) is 3.57. The number of benzene rings is 1. The topological polar surface area (TPSA) is 59.2 Å². The van der Waals surface area contributed by atoms with Gasteiger partial charge in [0.1, 0.15) is 0 Å². The summed E-state index contributed by atoms with van der Waals surface area (Å²) in [5, 5.41) is 3.99. The summed E-state index contributed by atoms with van der Waals surface area (Å²) in [5.41, 5.74) is 2.07. The van der Waals surface area contributed by atoms with Crippen LogP contribution in [-0.2, 0) is 11.2 Å². The molecule has 0 aliphatic rings. The minimum Gasteiger partial charge on any atom is -0.345 e. The number of aromatic nitrogens is 2. The quantitative estimate of drug-likeness (QED) is 0.787. The number of amides is 1. The molecule has 2 aromatic rings. The van der Waals surface area contributed by atoms with Gasteiger partial charge in [-0.15, -0.1) is 0 Å².